The molecule has 1 rings (SSSR count). The van der Waals surface area contributed by atoms with E-state index < -0.39 is 0 Å². The first-order valence-corrected chi connectivity index (χ1v) is 6.23. The Balaban J connectivity index is 2.58. The number of nitrogens with one attached hydrogen (secondary N) is 1. The van der Waals surface area contributed by atoms with Crippen LogP contribution >= 0.6 is 0 Å². The van der Waals surface area contributed by atoms with Crippen LogP contribution in [-0.2, 0) is 9.53 Å². The molecule has 20 heavy (non-hydrogen) atoms. The van der Waals surface area contributed by atoms with Crippen molar-refractivity contribution in [1.29, 1.82) is 0 Å². The number of carbonyl (C=O) groups is 1. The zero-order valence-electron chi connectivity index (χ0n) is 11.3. The Hall–Kier alpha value is -2.28. The van der Waals surface area contributed by atoms with E-state index in [9.17, 15) is 4.79 Å². The van der Waals surface area contributed by atoms with Crippen LogP contribution in [0.25, 0.3) is 0 Å². The summed E-state index contributed by atoms with van der Waals surface area (Å²) >= 11 is 0. The molecule has 0 aliphatic rings. The maximum atomic E-state index is 11.7. The van der Waals surface area contributed by atoms with Gasteiger partial charge in [0.25, 0.3) is 0 Å². The van der Waals surface area contributed by atoms with Gasteiger partial charge in [0.05, 0.1) is 5.69 Å². The molecule has 0 aliphatic heterocycles. The third kappa shape index (κ3) is 5.57. The third-order valence-electron chi connectivity index (χ3n) is 2.25. The molecule has 0 aliphatic carbocycles. The molecule has 1 amide bonds. The van der Waals surface area contributed by atoms with Crippen molar-refractivity contribution in [3.05, 3.63) is 24.3 Å². The Bertz CT molecular complexity index is 463. The van der Waals surface area contributed by atoms with Crippen molar-refractivity contribution in [3.63, 3.8) is 0 Å². The molecule has 110 valence electrons. The lowest BCUT2D eigenvalue weighted by molar-refractivity contribution is -0.120. The molecule has 1 aromatic carbocycles. The summed E-state index contributed by atoms with van der Waals surface area (Å²) in [6.45, 7) is 2.42. The summed E-state index contributed by atoms with van der Waals surface area (Å²) in [4.78, 5) is 11.7. The number of rotatable bonds is 8. The maximum Gasteiger partial charge on any atom is 0.250 e. The lowest BCUT2D eigenvalue weighted by atomic mass is 10.3. The molecule has 0 fully saturated rings. The number of carbonyl (C=O) groups excluding carboxylic acids is 1. The smallest absolute Gasteiger partial charge is 0.250 e. The molecule has 7 heteroatoms. The van der Waals surface area contributed by atoms with Crippen LogP contribution in [0.4, 0.5) is 5.69 Å². The van der Waals surface area contributed by atoms with Gasteiger partial charge in [-0.3, -0.25) is 4.79 Å². The van der Waals surface area contributed by atoms with E-state index in [2.05, 4.69) is 10.5 Å². The monoisotopic (exact) mass is 281 g/mol. The maximum absolute atomic E-state index is 11.7. The van der Waals surface area contributed by atoms with Crippen molar-refractivity contribution < 1.29 is 19.5 Å². The Morgan fingerprint density at radius 3 is 2.85 bits per heavy atom. The van der Waals surface area contributed by atoms with Gasteiger partial charge >= 0.3 is 0 Å². The summed E-state index contributed by atoms with van der Waals surface area (Å²) in [7, 11) is 0. The third-order valence-corrected chi connectivity index (χ3v) is 2.25. The van der Waals surface area contributed by atoms with E-state index in [1.165, 1.54) is 0 Å². The zero-order valence-corrected chi connectivity index (χ0v) is 11.3. The molecule has 0 aromatic heterocycles. The number of para-hydroxylation sites is 2. The van der Waals surface area contributed by atoms with Gasteiger partial charge in [-0.1, -0.05) is 24.2 Å². The van der Waals surface area contributed by atoms with Crippen molar-refractivity contribution in [2.24, 2.45) is 10.9 Å². The number of oxime groups is 1. The molecular formula is C13H19N3O4. The van der Waals surface area contributed by atoms with Crippen LogP contribution in [0.1, 0.15) is 13.3 Å². The first-order valence-electron chi connectivity index (χ1n) is 6.23. The molecule has 0 spiro atoms. The number of amidine groups is 1. The van der Waals surface area contributed by atoms with Crippen molar-refractivity contribution in [2.75, 3.05) is 25.1 Å². The van der Waals surface area contributed by atoms with Gasteiger partial charge in [0.2, 0.25) is 5.91 Å². The van der Waals surface area contributed by atoms with Crippen LogP contribution in [0.15, 0.2) is 29.4 Å². The van der Waals surface area contributed by atoms with Crippen LogP contribution in [0, 0.1) is 0 Å². The fourth-order valence-corrected chi connectivity index (χ4v) is 1.37. The summed E-state index contributed by atoms with van der Waals surface area (Å²) in [5, 5.41) is 13.9. The Morgan fingerprint density at radius 1 is 1.40 bits per heavy atom. The van der Waals surface area contributed by atoms with Gasteiger partial charge in [-0.05, 0) is 18.6 Å². The van der Waals surface area contributed by atoms with E-state index >= 15 is 0 Å². The summed E-state index contributed by atoms with van der Waals surface area (Å²) in [6.07, 6.45) is 0.854. The number of hydrogen-bond donors (Lipinski definition) is 3. The minimum absolute atomic E-state index is 0.0115. The minimum atomic E-state index is -0.265. The van der Waals surface area contributed by atoms with Crippen LogP contribution in [-0.4, -0.2) is 36.8 Å². The standard InChI is InChI=1S/C13H19N3O4/c1-2-7-19-9-13(17)15-10-5-3-4-6-11(10)20-8-12(14)16-18/h3-6,18H,2,7-9H2,1H3,(H2,14,16)(H,15,17). The van der Waals surface area contributed by atoms with Crippen molar-refractivity contribution in [1.82, 2.24) is 0 Å². The van der Waals surface area contributed by atoms with Gasteiger partial charge in [-0.2, -0.15) is 0 Å². The van der Waals surface area contributed by atoms with Crippen LogP contribution in [0.5, 0.6) is 5.75 Å². The second-order valence-corrected chi connectivity index (χ2v) is 3.98. The quantitative estimate of drug-likeness (QED) is 0.218. The fourth-order valence-electron chi connectivity index (χ4n) is 1.37. The van der Waals surface area contributed by atoms with Crippen molar-refractivity contribution >= 4 is 17.4 Å². The van der Waals surface area contributed by atoms with Crippen LogP contribution in [0.3, 0.4) is 0 Å². The summed E-state index contributed by atoms with van der Waals surface area (Å²) in [6, 6.07) is 6.89. The van der Waals surface area contributed by atoms with Gasteiger partial charge in [0.15, 0.2) is 5.84 Å². The van der Waals surface area contributed by atoms with E-state index in [4.69, 9.17) is 20.4 Å². The van der Waals surface area contributed by atoms with E-state index in [-0.39, 0.29) is 25.0 Å². The number of nitrogens with two attached hydrogens (primary N) is 1. The van der Waals surface area contributed by atoms with Gasteiger partial charge in [0, 0.05) is 6.61 Å². The fraction of sp³-hybridized carbons (Fsp3) is 0.385. The van der Waals surface area contributed by atoms with E-state index in [1.54, 1.807) is 24.3 Å². The van der Waals surface area contributed by atoms with Gasteiger partial charge in [-0.15, -0.1) is 0 Å². The molecule has 0 radical (unpaired) electrons. The molecule has 1 aromatic rings. The highest BCUT2D eigenvalue weighted by atomic mass is 16.5. The average Bonchev–Trinajstić information content (AvgIpc) is 2.46. The molecule has 0 unspecified atom stereocenters. The molecule has 0 saturated carbocycles. The van der Waals surface area contributed by atoms with Gasteiger partial charge in [-0.25, -0.2) is 0 Å². The summed E-state index contributed by atoms with van der Waals surface area (Å²) < 4.78 is 10.5. The number of amides is 1. The first-order chi connectivity index (χ1) is 9.67. The summed E-state index contributed by atoms with van der Waals surface area (Å²) in [5.41, 5.74) is 5.82. The van der Waals surface area contributed by atoms with Crippen molar-refractivity contribution in [2.45, 2.75) is 13.3 Å². The topological polar surface area (TPSA) is 106 Å². The Kier molecular flexibility index (Phi) is 6.91. The first kappa shape index (κ1) is 15.8. The van der Waals surface area contributed by atoms with Gasteiger partial charge < -0.3 is 25.7 Å². The molecule has 0 heterocycles. The van der Waals surface area contributed by atoms with E-state index in [0.717, 1.165) is 6.42 Å². The van der Waals surface area contributed by atoms with E-state index in [1.807, 2.05) is 6.92 Å². The lowest BCUT2D eigenvalue weighted by Gasteiger charge is -2.12. The number of nitrogens with zero attached hydrogens (tertiary/aromatic N) is 1. The molecule has 7 nitrogen and oxygen atoms in total. The van der Waals surface area contributed by atoms with Crippen LogP contribution < -0.4 is 15.8 Å². The second-order valence-electron chi connectivity index (χ2n) is 3.98. The Morgan fingerprint density at radius 2 is 2.15 bits per heavy atom. The molecule has 0 bridgehead atoms. The number of benzene rings is 1. The number of hydrogen-bond acceptors (Lipinski definition) is 5. The highest BCUT2D eigenvalue weighted by molar-refractivity contribution is 5.93. The lowest BCUT2D eigenvalue weighted by Crippen LogP contribution is -2.22. The van der Waals surface area contributed by atoms with Gasteiger partial charge in [0.1, 0.15) is 19.0 Å². The zero-order chi connectivity index (χ0) is 14.8. The predicted molar refractivity (Wildman–Crippen MR) is 75.1 cm³/mol. The normalized spacial score (nSPS) is 11.2. The van der Waals surface area contributed by atoms with Crippen molar-refractivity contribution in [3.8, 4) is 5.75 Å². The highest BCUT2D eigenvalue weighted by Gasteiger charge is 2.08. The molecule has 4 N–H and O–H groups in total. The molecular weight excluding hydrogens is 262 g/mol. The molecule has 0 saturated heterocycles. The minimum Gasteiger partial charge on any atom is -0.483 e. The average molecular weight is 281 g/mol. The summed E-state index contributed by atoms with van der Waals surface area (Å²) in [5.74, 6) is 0.110. The largest absolute Gasteiger partial charge is 0.483 e. The van der Waals surface area contributed by atoms with Crippen LogP contribution in [0.2, 0.25) is 0 Å². The predicted octanol–water partition coefficient (Wildman–Crippen LogP) is 1.18. The SMILES string of the molecule is CCCOCC(=O)Nc1ccccc1OC/C(N)=N/O. The Labute approximate surface area is 117 Å². The van der Waals surface area contributed by atoms with E-state index in [0.29, 0.717) is 18.0 Å². The second kappa shape index (κ2) is 8.76. The molecule has 0 atom stereocenters. The number of anilines is 1. The number of ether oxygens (including phenoxy) is 2. The highest BCUT2D eigenvalue weighted by Crippen LogP contribution is 2.23.